The van der Waals surface area contributed by atoms with E-state index in [2.05, 4.69) is 36.5 Å². The predicted molar refractivity (Wildman–Crippen MR) is 184 cm³/mol. The predicted octanol–water partition coefficient (Wildman–Crippen LogP) is 10.7. The van der Waals surface area contributed by atoms with Crippen LogP contribution in [0.5, 0.6) is 0 Å². The summed E-state index contributed by atoms with van der Waals surface area (Å²) in [7, 11) is 0. The summed E-state index contributed by atoms with van der Waals surface area (Å²) in [5.74, 6) is -0.115. The molecule has 1 amide bonds. The van der Waals surface area contributed by atoms with Crippen LogP contribution in [0.25, 0.3) is 0 Å². The first-order chi connectivity index (χ1) is 20.7. The molecule has 0 saturated carbocycles. The lowest BCUT2D eigenvalue weighted by molar-refractivity contribution is -0.123. The summed E-state index contributed by atoms with van der Waals surface area (Å²) in [4.78, 5) is 11.8. The number of amides is 1. The van der Waals surface area contributed by atoms with Crippen LogP contribution < -0.4 is 5.32 Å². The molecule has 0 aromatic carbocycles. The summed E-state index contributed by atoms with van der Waals surface area (Å²) in [5.41, 5.74) is 0. The maximum Gasteiger partial charge on any atom is 0.220 e. The number of hydrogen-bond donors (Lipinski definition) is 3. The van der Waals surface area contributed by atoms with E-state index < -0.39 is 12.1 Å². The van der Waals surface area contributed by atoms with E-state index in [9.17, 15) is 15.0 Å². The molecule has 0 radical (unpaired) electrons. The molecule has 0 saturated heterocycles. The molecule has 0 aromatic heterocycles. The van der Waals surface area contributed by atoms with Gasteiger partial charge in [0.25, 0.3) is 0 Å². The van der Waals surface area contributed by atoms with Crippen LogP contribution in [-0.4, -0.2) is 34.9 Å². The Morgan fingerprint density at radius 3 is 1.36 bits per heavy atom. The second-order valence-corrected chi connectivity index (χ2v) is 12.3. The number of carbonyl (C=O) groups excluding carboxylic acids is 1. The van der Waals surface area contributed by atoms with Crippen LogP contribution in [0.3, 0.4) is 0 Å². The van der Waals surface area contributed by atoms with Crippen LogP contribution in [0, 0.1) is 0 Å². The minimum atomic E-state index is -0.862. The molecule has 3 N–H and O–H groups in total. The number of hydrogen-bond acceptors (Lipinski definition) is 3. The third-order valence-corrected chi connectivity index (χ3v) is 8.10. The number of allylic oxidation sites excluding steroid dienone is 5. The normalized spacial score (nSPS) is 13.5. The number of rotatable bonds is 32. The molecule has 42 heavy (non-hydrogen) atoms. The van der Waals surface area contributed by atoms with E-state index in [1.165, 1.54) is 122 Å². The minimum Gasteiger partial charge on any atom is -0.394 e. The second kappa shape index (κ2) is 34.1. The van der Waals surface area contributed by atoms with Gasteiger partial charge in [0.15, 0.2) is 0 Å². The number of aliphatic hydroxyl groups excluding tert-OH is 2. The molecule has 0 fully saturated rings. The lowest BCUT2D eigenvalue weighted by Crippen LogP contribution is -2.45. The van der Waals surface area contributed by atoms with Gasteiger partial charge in [0.1, 0.15) is 0 Å². The first kappa shape index (κ1) is 40.6. The van der Waals surface area contributed by atoms with Gasteiger partial charge in [-0.25, -0.2) is 0 Å². The molecule has 2 unspecified atom stereocenters. The zero-order valence-electron chi connectivity index (χ0n) is 28.0. The van der Waals surface area contributed by atoms with Crippen molar-refractivity contribution >= 4 is 5.91 Å². The van der Waals surface area contributed by atoms with E-state index in [0.717, 1.165) is 38.5 Å². The fourth-order valence-electron chi connectivity index (χ4n) is 5.25. The monoisotopic (exact) mass is 590 g/mol. The third-order valence-electron chi connectivity index (χ3n) is 8.10. The zero-order chi connectivity index (χ0) is 30.8. The molecular formula is C38H71NO3. The summed E-state index contributed by atoms with van der Waals surface area (Å²) in [6.07, 6.45) is 44.9. The average molecular weight is 590 g/mol. The van der Waals surface area contributed by atoms with Crippen molar-refractivity contribution in [3.63, 3.8) is 0 Å². The number of nitrogens with one attached hydrogen (secondary N) is 1. The lowest BCUT2D eigenvalue weighted by Gasteiger charge is -2.19. The summed E-state index contributed by atoms with van der Waals surface area (Å²) in [5, 5.41) is 22.4. The van der Waals surface area contributed by atoms with Crippen molar-refractivity contribution in [3.8, 4) is 0 Å². The molecule has 4 heteroatoms. The molecule has 0 spiro atoms. The van der Waals surface area contributed by atoms with Gasteiger partial charge < -0.3 is 15.5 Å². The molecule has 0 aliphatic carbocycles. The Bertz CT molecular complexity index is 642. The summed E-state index contributed by atoms with van der Waals surface area (Å²) >= 11 is 0. The van der Waals surface area contributed by atoms with Crippen LogP contribution in [0.2, 0.25) is 0 Å². The van der Waals surface area contributed by atoms with Gasteiger partial charge in [-0.1, -0.05) is 166 Å². The SMILES string of the molecule is CCCCCCCCCCCCCCCCCCCC/C=C/CC/C=C/CC/C=C/C(O)C(CO)NC(=O)CCCC. The molecule has 246 valence electrons. The van der Waals surface area contributed by atoms with Gasteiger partial charge in [-0.15, -0.1) is 0 Å². The quantitative estimate of drug-likeness (QED) is 0.0540. The highest BCUT2D eigenvalue weighted by Crippen LogP contribution is 2.14. The summed E-state index contributed by atoms with van der Waals surface area (Å²) in [6.45, 7) is 4.06. The van der Waals surface area contributed by atoms with Crippen LogP contribution in [0.1, 0.15) is 181 Å². The van der Waals surface area contributed by atoms with Crippen molar-refractivity contribution in [1.29, 1.82) is 0 Å². The second-order valence-electron chi connectivity index (χ2n) is 12.3. The van der Waals surface area contributed by atoms with E-state index in [0.29, 0.717) is 6.42 Å². The van der Waals surface area contributed by atoms with Crippen LogP contribution in [0.15, 0.2) is 36.5 Å². The van der Waals surface area contributed by atoms with Gasteiger partial charge in [0.2, 0.25) is 5.91 Å². The minimum absolute atomic E-state index is 0.115. The highest BCUT2D eigenvalue weighted by atomic mass is 16.3. The number of carbonyl (C=O) groups is 1. The fourth-order valence-corrected chi connectivity index (χ4v) is 5.25. The van der Waals surface area contributed by atoms with Crippen LogP contribution >= 0.6 is 0 Å². The van der Waals surface area contributed by atoms with Gasteiger partial charge in [-0.05, 0) is 44.9 Å². The largest absolute Gasteiger partial charge is 0.394 e. The van der Waals surface area contributed by atoms with Gasteiger partial charge in [-0.3, -0.25) is 4.79 Å². The smallest absolute Gasteiger partial charge is 0.220 e. The molecule has 0 heterocycles. The van der Waals surface area contributed by atoms with Gasteiger partial charge in [-0.2, -0.15) is 0 Å². The molecule has 0 aliphatic heterocycles. The third kappa shape index (κ3) is 30.1. The molecule has 4 nitrogen and oxygen atoms in total. The Labute approximate surface area is 261 Å². The van der Waals surface area contributed by atoms with Crippen molar-refractivity contribution in [2.24, 2.45) is 0 Å². The van der Waals surface area contributed by atoms with E-state index >= 15 is 0 Å². The Hall–Kier alpha value is -1.39. The standard InChI is InChI=1S/C38H71NO3/c1-3-5-7-8-9-10-11-12-13-14-15-16-17-18-19-20-21-22-23-24-25-26-27-28-29-30-31-32-33-37(41)36(35-40)39-38(42)34-6-4-2/h24-25,28-29,32-33,36-37,40-41H,3-23,26-27,30-31,34-35H2,1-2H3,(H,39,42)/b25-24+,29-28+,33-32+. The van der Waals surface area contributed by atoms with Gasteiger partial charge in [0, 0.05) is 6.42 Å². The Morgan fingerprint density at radius 1 is 0.548 bits per heavy atom. The molecule has 0 bridgehead atoms. The highest BCUT2D eigenvalue weighted by Gasteiger charge is 2.17. The van der Waals surface area contributed by atoms with E-state index in [1.54, 1.807) is 6.08 Å². The Morgan fingerprint density at radius 2 is 0.929 bits per heavy atom. The topological polar surface area (TPSA) is 69.6 Å². The van der Waals surface area contributed by atoms with E-state index in [1.807, 2.05) is 13.0 Å². The molecule has 0 aromatic rings. The Balaban J connectivity index is 3.45. The van der Waals surface area contributed by atoms with Crippen molar-refractivity contribution < 1.29 is 15.0 Å². The highest BCUT2D eigenvalue weighted by molar-refractivity contribution is 5.76. The van der Waals surface area contributed by atoms with Crippen LogP contribution in [0.4, 0.5) is 0 Å². The van der Waals surface area contributed by atoms with Crippen LogP contribution in [-0.2, 0) is 4.79 Å². The Kier molecular flexibility index (Phi) is 33.0. The lowest BCUT2D eigenvalue weighted by atomic mass is 10.0. The first-order valence-electron chi connectivity index (χ1n) is 18.2. The van der Waals surface area contributed by atoms with Gasteiger partial charge >= 0.3 is 0 Å². The number of aliphatic hydroxyl groups is 2. The fraction of sp³-hybridized carbons (Fsp3) is 0.816. The maximum absolute atomic E-state index is 11.8. The van der Waals surface area contributed by atoms with Crippen molar-refractivity contribution in [2.75, 3.05) is 6.61 Å². The van der Waals surface area contributed by atoms with Crippen molar-refractivity contribution in [2.45, 2.75) is 193 Å². The summed E-state index contributed by atoms with van der Waals surface area (Å²) in [6, 6.07) is -0.637. The molecule has 0 rings (SSSR count). The molecule has 2 atom stereocenters. The summed E-state index contributed by atoms with van der Waals surface area (Å²) < 4.78 is 0. The van der Waals surface area contributed by atoms with E-state index in [4.69, 9.17) is 0 Å². The maximum atomic E-state index is 11.8. The first-order valence-corrected chi connectivity index (χ1v) is 18.2. The molecule has 0 aliphatic rings. The van der Waals surface area contributed by atoms with Gasteiger partial charge in [0.05, 0.1) is 18.8 Å². The van der Waals surface area contributed by atoms with E-state index in [-0.39, 0.29) is 12.5 Å². The zero-order valence-corrected chi connectivity index (χ0v) is 28.0. The van der Waals surface area contributed by atoms with Crippen molar-refractivity contribution in [1.82, 2.24) is 5.32 Å². The molecular weight excluding hydrogens is 518 g/mol. The van der Waals surface area contributed by atoms with Crippen molar-refractivity contribution in [3.05, 3.63) is 36.5 Å². The average Bonchev–Trinajstić information content (AvgIpc) is 3.00. The number of unbranched alkanes of at least 4 members (excludes halogenated alkanes) is 21.